The van der Waals surface area contributed by atoms with Crippen LogP contribution >= 0.6 is 23.2 Å². The molecule has 0 aromatic heterocycles. The number of rotatable bonds is 5. The zero-order chi connectivity index (χ0) is 15.6. The van der Waals surface area contributed by atoms with Gasteiger partial charge in [-0.1, -0.05) is 42.5 Å². The normalized spacial score (nSPS) is 15.6. The van der Waals surface area contributed by atoms with Crippen LogP contribution in [0.15, 0.2) is 17.0 Å². The van der Waals surface area contributed by atoms with E-state index in [2.05, 4.69) is 5.32 Å². The van der Waals surface area contributed by atoms with Crippen molar-refractivity contribution in [3.8, 4) is 0 Å². The van der Waals surface area contributed by atoms with Crippen LogP contribution in [-0.2, 0) is 10.0 Å². The molecule has 5 nitrogen and oxygen atoms in total. The van der Waals surface area contributed by atoms with Crippen molar-refractivity contribution in [1.29, 1.82) is 0 Å². The number of sulfonamides is 1. The number of halogens is 2. The summed E-state index contributed by atoms with van der Waals surface area (Å²) in [5, 5.41) is 7.78. The fourth-order valence-corrected chi connectivity index (χ4v) is 3.59. The Balaban J connectivity index is 2.12. The minimum Gasteiger partial charge on any atom is -0.352 e. The van der Waals surface area contributed by atoms with Crippen LogP contribution in [-0.4, -0.2) is 20.9 Å². The van der Waals surface area contributed by atoms with Crippen molar-refractivity contribution in [2.75, 3.05) is 6.54 Å². The molecule has 1 aliphatic rings. The molecule has 0 radical (unpaired) electrons. The summed E-state index contributed by atoms with van der Waals surface area (Å²) in [5.74, 6) is 0.242. The van der Waals surface area contributed by atoms with E-state index in [1.54, 1.807) is 0 Å². The number of carbonyl (C=O) groups is 1. The standard InChI is InChI=1S/C13H16Cl2N2O3S/c14-10-7-11(15)12(21(16,19)20)6-9(10)13(18)17-5-4-8-2-1-3-8/h6-8H,1-5H2,(H,17,18)(H2,16,19,20). The second-order valence-electron chi connectivity index (χ2n) is 5.15. The van der Waals surface area contributed by atoms with E-state index >= 15 is 0 Å². The third-order valence-electron chi connectivity index (χ3n) is 3.64. The molecule has 1 aromatic rings. The van der Waals surface area contributed by atoms with E-state index in [-0.39, 0.29) is 20.5 Å². The van der Waals surface area contributed by atoms with E-state index < -0.39 is 15.9 Å². The number of hydrogen-bond acceptors (Lipinski definition) is 3. The van der Waals surface area contributed by atoms with Crippen molar-refractivity contribution >= 4 is 39.1 Å². The Hall–Kier alpha value is -0.820. The number of primary sulfonamides is 1. The van der Waals surface area contributed by atoms with Crippen LogP contribution in [0.2, 0.25) is 10.0 Å². The summed E-state index contributed by atoms with van der Waals surface area (Å²) in [6.45, 7) is 0.535. The van der Waals surface area contributed by atoms with E-state index in [0.29, 0.717) is 12.5 Å². The average molecular weight is 351 g/mol. The first-order valence-electron chi connectivity index (χ1n) is 6.59. The topological polar surface area (TPSA) is 89.3 Å². The highest BCUT2D eigenvalue weighted by atomic mass is 35.5. The Morgan fingerprint density at radius 1 is 1.29 bits per heavy atom. The molecule has 8 heteroatoms. The van der Waals surface area contributed by atoms with Crippen LogP contribution in [0.3, 0.4) is 0 Å². The summed E-state index contributed by atoms with van der Waals surface area (Å²) in [4.78, 5) is 11.8. The van der Waals surface area contributed by atoms with Gasteiger partial charge >= 0.3 is 0 Å². The van der Waals surface area contributed by atoms with Crippen molar-refractivity contribution in [1.82, 2.24) is 5.32 Å². The maximum atomic E-state index is 12.1. The Morgan fingerprint density at radius 2 is 1.95 bits per heavy atom. The first kappa shape index (κ1) is 16.5. The van der Waals surface area contributed by atoms with Crippen LogP contribution in [0, 0.1) is 5.92 Å². The van der Waals surface area contributed by atoms with Crippen LogP contribution < -0.4 is 10.5 Å². The molecule has 0 unspecified atom stereocenters. The zero-order valence-electron chi connectivity index (χ0n) is 11.2. The summed E-state index contributed by atoms with van der Waals surface area (Å²) in [7, 11) is -4.01. The largest absolute Gasteiger partial charge is 0.352 e. The Labute approximate surface area is 133 Å². The molecule has 0 saturated heterocycles. The van der Waals surface area contributed by atoms with Gasteiger partial charge in [-0.25, -0.2) is 13.6 Å². The maximum Gasteiger partial charge on any atom is 0.252 e. The molecule has 1 aliphatic carbocycles. The monoisotopic (exact) mass is 350 g/mol. The molecular formula is C13H16Cl2N2O3S. The van der Waals surface area contributed by atoms with E-state index in [9.17, 15) is 13.2 Å². The molecule has 0 bridgehead atoms. The lowest BCUT2D eigenvalue weighted by atomic mass is 9.83. The summed E-state index contributed by atoms with van der Waals surface area (Å²) >= 11 is 11.7. The van der Waals surface area contributed by atoms with Crippen molar-refractivity contribution in [3.05, 3.63) is 27.7 Å². The van der Waals surface area contributed by atoms with Crippen molar-refractivity contribution in [2.45, 2.75) is 30.6 Å². The number of carbonyl (C=O) groups excluding carboxylic acids is 1. The molecule has 1 aromatic carbocycles. The molecule has 21 heavy (non-hydrogen) atoms. The maximum absolute atomic E-state index is 12.1. The molecule has 2 rings (SSSR count). The Kier molecular flexibility index (Phi) is 5.14. The molecule has 3 N–H and O–H groups in total. The zero-order valence-corrected chi connectivity index (χ0v) is 13.6. The predicted molar refractivity (Wildman–Crippen MR) is 82.1 cm³/mol. The highest BCUT2D eigenvalue weighted by Crippen LogP contribution is 2.29. The van der Waals surface area contributed by atoms with Crippen molar-refractivity contribution < 1.29 is 13.2 Å². The lowest BCUT2D eigenvalue weighted by molar-refractivity contribution is 0.0949. The lowest BCUT2D eigenvalue weighted by Gasteiger charge is -2.25. The van der Waals surface area contributed by atoms with Gasteiger partial charge in [0.15, 0.2) is 0 Å². The van der Waals surface area contributed by atoms with Gasteiger partial charge < -0.3 is 5.32 Å². The van der Waals surface area contributed by atoms with Crippen molar-refractivity contribution in [2.24, 2.45) is 11.1 Å². The molecule has 1 fully saturated rings. The number of nitrogens with two attached hydrogens (primary N) is 1. The number of amides is 1. The summed E-state index contributed by atoms with van der Waals surface area (Å²) in [6.07, 6.45) is 4.57. The van der Waals surface area contributed by atoms with Crippen LogP contribution in [0.25, 0.3) is 0 Å². The first-order chi connectivity index (χ1) is 9.79. The molecular weight excluding hydrogens is 335 g/mol. The molecule has 0 aliphatic heterocycles. The minimum absolute atomic E-state index is 0.0544. The van der Waals surface area contributed by atoms with E-state index in [1.165, 1.54) is 25.3 Å². The van der Waals surface area contributed by atoms with Crippen LogP contribution in [0.4, 0.5) is 0 Å². The highest BCUT2D eigenvalue weighted by Gasteiger charge is 2.21. The predicted octanol–water partition coefficient (Wildman–Crippen LogP) is 2.56. The van der Waals surface area contributed by atoms with Crippen LogP contribution in [0.5, 0.6) is 0 Å². The highest BCUT2D eigenvalue weighted by molar-refractivity contribution is 7.89. The lowest BCUT2D eigenvalue weighted by Crippen LogP contribution is -2.28. The van der Waals surface area contributed by atoms with E-state index in [0.717, 1.165) is 12.5 Å². The Bertz CT molecular complexity index is 658. The third-order valence-corrected chi connectivity index (χ3v) is 5.32. The van der Waals surface area contributed by atoms with Gasteiger partial charge in [0.05, 0.1) is 15.6 Å². The van der Waals surface area contributed by atoms with Gasteiger partial charge in [-0.2, -0.15) is 0 Å². The van der Waals surface area contributed by atoms with Gasteiger partial charge in [0.25, 0.3) is 5.91 Å². The van der Waals surface area contributed by atoms with Crippen LogP contribution in [0.1, 0.15) is 36.0 Å². The van der Waals surface area contributed by atoms with Crippen molar-refractivity contribution in [3.63, 3.8) is 0 Å². The summed E-state index contributed by atoms with van der Waals surface area (Å²) in [6, 6.07) is 2.32. The molecule has 0 spiro atoms. The van der Waals surface area contributed by atoms with E-state index in [4.69, 9.17) is 28.3 Å². The second-order valence-corrected chi connectivity index (χ2v) is 7.49. The van der Waals surface area contributed by atoms with Gasteiger partial charge in [-0.3, -0.25) is 4.79 Å². The third kappa shape index (κ3) is 4.10. The molecule has 116 valence electrons. The Morgan fingerprint density at radius 3 is 2.48 bits per heavy atom. The van der Waals surface area contributed by atoms with Gasteiger partial charge in [-0.05, 0) is 24.5 Å². The van der Waals surface area contributed by atoms with E-state index in [1.807, 2.05) is 0 Å². The second kappa shape index (κ2) is 6.52. The molecule has 0 heterocycles. The number of nitrogens with one attached hydrogen (secondary N) is 1. The quantitative estimate of drug-likeness (QED) is 0.854. The summed E-state index contributed by atoms with van der Waals surface area (Å²) < 4.78 is 22.8. The first-order valence-corrected chi connectivity index (χ1v) is 8.89. The van der Waals surface area contributed by atoms with Gasteiger partial charge in [0.2, 0.25) is 10.0 Å². The number of benzene rings is 1. The minimum atomic E-state index is -4.01. The summed E-state index contributed by atoms with van der Waals surface area (Å²) in [5.41, 5.74) is 0.0544. The van der Waals surface area contributed by atoms with Gasteiger partial charge in [-0.15, -0.1) is 0 Å². The average Bonchev–Trinajstić information content (AvgIpc) is 2.30. The molecule has 0 atom stereocenters. The smallest absolute Gasteiger partial charge is 0.252 e. The van der Waals surface area contributed by atoms with Gasteiger partial charge in [0.1, 0.15) is 4.90 Å². The fourth-order valence-electron chi connectivity index (χ4n) is 2.19. The fraction of sp³-hybridized carbons (Fsp3) is 0.462. The SMILES string of the molecule is NS(=O)(=O)c1cc(C(=O)NCCC2CCC2)c(Cl)cc1Cl. The van der Waals surface area contributed by atoms with Gasteiger partial charge in [0, 0.05) is 6.54 Å². The molecule has 1 amide bonds. The number of hydrogen-bond donors (Lipinski definition) is 2. The molecule has 1 saturated carbocycles.